The number of rotatable bonds is 7. The van der Waals surface area contributed by atoms with Crippen molar-refractivity contribution in [2.45, 2.75) is 19.4 Å². The summed E-state index contributed by atoms with van der Waals surface area (Å²) in [5.74, 6) is 0.955. The lowest BCUT2D eigenvalue weighted by atomic mass is 10.2. The number of nitrogens with two attached hydrogens (primary N) is 1. The van der Waals surface area contributed by atoms with E-state index < -0.39 is 0 Å². The first kappa shape index (κ1) is 19.9. The molecule has 106 valence electrons. The number of nitrogens with zero attached hydrogens (tertiary/aromatic N) is 1. The summed E-state index contributed by atoms with van der Waals surface area (Å²) in [5.41, 5.74) is 6.70. The van der Waals surface area contributed by atoms with Crippen LogP contribution in [0.1, 0.15) is 18.4 Å². The van der Waals surface area contributed by atoms with E-state index in [2.05, 4.69) is 31.1 Å². The second-order valence-corrected chi connectivity index (χ2v) is 4.23. The zero-order valence-corrected chi connectivity index (χ0v) is 12.7. The van der Waals surface area contributed by atoms with Crippen LogP contribution >= 0.6 is 24.8 Å². The Labute approximate surface area is 123 Å². The van der Waals surface area contributed by atoms with Crippen LogP contribution in [0.4, 0.5) is 0 Å². The molecule has 0 atom stereocenters. The van der Waals surface area contributed by atoms with Crippen molar-refractivity contribution >= 4 is 24.8 Å². The van der Waals surface area contributed by atoms with Crippen LogP contribution in [0.2, 0.25) is 0 Å². The number of ether oxygens (including phenoxy) is 1. The highest BCUT2D eigenvalue weighted by Crippen LogP contribution is 2.14. The van der Waals surface area contributed by atoms with Gasteiger partial charge in [0.15, 0.2) is 0 Å². The van der Waals surface area contributed by atoms with E-state index in [0.717, 1.165) is 38.3 Å². The van der Waals surface area contributed by atoms with Gasteiger partial charge in [-0.05, 0) is 51.2 Å². The molecule has 0 aliphatic rings. The van der Waals surface area contributed by atoms with E-state index in [1.54, 1.807) is 0 Å². The molecule has 0 saturated heterocycles. The van der Waals surface area contributed by atoms with Gasteiger partial charge in [-0.2, -0.15) is 0 Å². The summed E-state index contributed by atoms with van der Waals surface area (Å²) in [7, 11) is 4.13. The molecule has 0 fully saturated rings. The van der Waals surface area contributed by atoms with Crippen LogP contribution < -0.4 is 10.5 Å². The van der Waals surface area contributed by atoms with Crippen LogP contribution in [-0.4, -0.2) is 32.1 Å². The SMILES string of the molecule is CN(C)Cc1cccc(OCCCCN)c1.Cl.Cl. The van der Waals surface area contributed by atoms with Crippen molar-refractivity contribution in [3.63, 3.8) is 0 Å². The molecule has 3 nitrogen and oxygen atoms in total. The van der Waals surface area contributed by atoms with Gasteiger partial charge in [0.25, 0.3) is 0 Å². The molecule has 0 bridgehead atoms. The summed E-state index contributed by atoms with van der Waals surface area (Å²) in [6.45, 7) is 2.44. The second-order valence-electron chi connectivity index (χ2n) is 4.23. The van der Waals surface area contributed by atoms with Crippen molar-refractivity contribution in [1.82, 2.24) is 4.90 Å². The van der Waals surface area contributed by atoms with E-state index in [4.69, 9.17) is 10.5 Å². The van der Waals surface area contributed by atoms with Gasteiger partial charge in [-0.25, -0.2) is 0 Å². The van der Waals surface area contributed by atoms with Gasteiger partial charge in [0.1, 0.15) is 5.75 Å². The Balaban J connectivity index is 0. The number of hydrogen-bond donors (Lipinski definition) is 1. The number of benzene rings is 1. The topological polar surface area (TPSA) is 38.5 Å². The summed E-state index contributed by atoms with van der Waals surface area (Å²) in [5, 5.41) is 0. The van der Waals surface area contributed by atoms with Crippen LogP contribution in [0.25, 0.3) is 0 Å². The lowest BCUT2D eigenvalue weighted by Crippen LogP contribution is -2.10. The van der Waals surface area contributed by atoms with E-state index >= 15 is 0 Å². The Morgan fingerprint density at radius 3 is 2.50 bits per heavy atom. The second kappa shape index (κ2) is 11.6. The average Bonchev–Trinajstić information content (AvgIpc) is 2.24. The van der Waals surface area contributed by atoms with Gasteiger partial charge in [-0.1, -0.05) is 12.1 Å². The van der Waals surface area contributed by atoms with Crippen LogP contribution in [0.3, 0.4) is 0 Å². The first-order valence-corrected chi connectivity index (χ1v) is 5.79. The Bertz CT molecular complexity index is 309. The fourth-order valence-electron chi connectivity index (χ4n) is 1.54. The standard InChI is InChI=1S/C13H22N2O.2ClH/c1-15(2)11-12-6-5-7-13(10-12)16-9-4-3-8-14;;/h5-7,10H,3-4,8-9,11,14H2,1-2H3;2*1H. The normalized spacial score (nSPS) is 9.56. The number of halogens is 2. The van der Waals surface area contributed by atoms with Gasteiger partial charge >= 0.3 is 0 Å². The fraction of sp³-hybridized carbons (Fsp3) is 0.538. The predicted octanol–water partition coefficient (Wildman–Crippen LogP) is 2.71. The molecule has 1 aromatic rings. The molecule has 0 radical (unpaired) electrons. The quantitative estimate of drug-likeness (QED) is 0.786. The summed E-state index contributed by atoms with van der Waals surface area (Å²) in [4.78, 5) is 2.15. The molecule has 0 spiro atoms. The molecule has 0 unspecified atom stereocenters. The molecule has 5 heteroatoms. The summed E-state index contributed by atoms with van der Waals surface area (Å²) in [6, 6.07) is 8.26. The molecule has 0 saturated carbocycles. The average molecular weight is 295 g/mol. The first-order valence-electron chi connectivity index (χ1n) is 5.79. The lowest BCUT2D eigenvalue weighted by molar-refractivity contribution is 0.307. The van der Waals surface area contributed by atoms with Gasteiger partial charge in [0, 0.05) is 6.54 Å². The predicted molar refractivity (Wildman–Crippen MR) is 82.1 cm³/mol. The van der Waals surface area contributed by atoms with E-state index in [1.165, 1.54) is 5.56 Å². The molecular formula is C13H24Cl2N2O. The third kappa shape index (κ3) is 8.59. The molecule has 18 heavy (non-hydrogen) atoms. The minimum absolute atomic E-state index is 0. The Hall–Kier alpha value is -0.480. The first-order chi connectivity index (χ1) is 7.72. The summed E-state index contributed by atoms with van der Waals surface area (Å²) >= 11 is 0. The minimum Gasteiger partial charge on any atom is -0.494 e. The van der Waals surface area contributed by atoms with Gasteiger partial charge in [-0.15, -0.1) is 24.8 Å². The van der Waals surface area contributed by atoms with Crippen molar-refractivity contribution in [1.29, 1.82) is 0 Å². The zero-order valence-electron chi connectivity index (χ0n) is 11.1. The fourth-order valence-corrected chi connectivity index (χ4v) is 1.54. The largest absolute Gasteiger partial charge is 0.494 e. The van der Waals surface area contributed by atoms with Crippen LogP contribution in [-0.2, 0) is 6.54 Å². The highest BCUT2D eigenvalue weighted by Gasteiger charge is 1.98. The maximum absolute atomic E-state index is 5.66. The van der Waals surface area contributed by atoms with Gasteiger partial charge in [0.05, 0.1) is 6.61 Å². The summed E-state index contributed by atoms with van der Waals surface area (Å²) in [6.07, 6.45) is 2.05. The number of unbranched alkanes of at least 4 members (excludes halogenated alkanes) is 1. The van der Waals surface area contributed by atoms with Crippen molar-refractivity contribution in [2.75, 3.05) is 27.2 Å². The van der Waals surface area contributed by atoms with Gasteiger partial charge in [0.2, 0.25) is 0 Å². The molecule has 0 aromatic heterocycles. The Morgan fingerprint density at radius 2 is 1.89 bits per heavy atom. The Morgan fingerprint density at radius 1 is 1.17 bits per heavy atom. The third-order valence-corrected chi connectivity index (χ3v) is 2.26. The van der Waals surface area contributed by atoms with Crippen molar-refractivity contribution in [3.05, 3.63) is 29.8 Å². The van der Waals surface area contributed by atoms with E-state index in [9.17, 15) is 0 Å². The highest BCUT2D eigenvalue weighted by molar-refractivity contribution is 5.85. The molecule has 0 aliphatic carbocycles. The molecule has 0 aliphatic heterocycles. The molecule has 2 N–H and O–H groups in total. The summed E-state index contributed by atoms with van der Waals surface area (Å²) < 4.78 is 5.66. The van der Waals surface area contributed by atoms with E-state index in [-0.39, 0.29) is 24.8 Å². The maximum Gasteiger partial charge on any atom is 0.119 e. The zero-order chi connectivity index (χ0) is 11.8. The van der Waals surface area contributed by atoms with Gasteiger partial charge < -0.3 is 15.4 Å². The van der Waals surface area contributed by atoms with Crippen LogP contribution in [0.15, 0.2) is 24.3 Å². The van der Waals surface area contributed by atoms with Crippen LogP contribution in [0.5, 0.6) is 5.75 Å². The molecule has 0 amide bonds. The number of hydrogen-bond acceptors (Lipinski definition) is 3. The molecular weight excluding hydrogens is 271 g/mol. The van der Waals surface area contributed by atoms with Crippen LogP contribution in [0, 0.1) is 0 Å². The van der Waals surface area contributed by atoms with E-state index in [1.807, 2.05) is 12.1 Å². The maximum atomic E-state index is 5.66. The minimum atomic E-state index is 0. The Kier molecular flexibility index (Phi) is 12.8. The highest BCUT2D eigenvalue weighted by atomic mass is 35.5. The molecule has 1 rings (SSSR count). The van der Waals surface area contributed by atoms with Gasteiger partial charge in [-0.3, -0.25) is 0 Å². The lowest BCUT2D eigenvalue weighted by Gasteiger charge is -2.11. The third-order valence-electron chi connectivity index (χ3n) is 2.26. The molecule has 0 heterocycles. The smallest absolute Gasteiger partial charge is 0.119 e. The van der Waals surface area contributed by atoms with Crippen molar-refractivity contribution < 1.29 is 4.74 Å². The monoisotopic (exact) mass is 294 g/mol. The van der Waals surface area contributed by atoms with Crippen molar-refractivity contribution in [2.24, 2.45) is 5.73 Å². The molecule has 1 aromatic carbocycles. The van der Waals surface area contributed by atoms with E-state index in [0.29, 0.717) is 0 Å². The van der Waals surface area contributed by atoms with Crippen molar-refractivity contribution in [3.8, 4) is 5.75 Å².